The molecule has 0 spiro atoms. The molecule has 0 heteroatoms. The van der Waals surface area contributed by atoms with Crippen molar-refractivity contribution >= 4 is 11.1 Å². The molecule has 0 aromatic heterocycles. The summed E-state index contributed by atoms with van der Waals surface area (Å²) >= 11 is 0. The Morgan fingerprint density at radius 1 is 1.28 bits per heavy atom. The van der Waals surface area contributed by atoms with Gasteiger partial charge < -0.3 is 0 Å². The van der Waals surface area contributed by atoms with Gasteiger partial charge in [-0.05, 0) is 73.3 Å². The molecule has 0 saturated heterocycles. The Kier molecular flexibility index (Phi) is 3.11. The van der Waals surface area contributed by atoms with E-state index in [1.165, 1.54) is 48.8 Å². The minimum atomic E-state index is 0.815. The molecule has 0 radical (unpaired) electrons. The molecule has 1 aromatic rings. The molecule has 94 valence electrons. The van der Waals surface area contributed by atoms with Crippen molar-refractivity contribution in [1.82, 2.24) is 0 Å². The van der Waals surface area contributed by atoms with Crippen molar-refractivity contribution < 1.29 is 0 Å². The molecular formula is C18H22. The zero-order valence-electron chi connectivity index (χ0n) is 11.5. The molecule has 1 saturated carbocycles. The first kappa shape index (κ1) is 11.8. The van der Waals surface area contributed by atoms with E-state index in [2.05, 4.69) is 44.2 Å². The summed E-state index contributed by atoms with van der Waals surface area (Å²) in [7, 11) is 0. The lowest BCUT2D eigenvalue weighted by atomic mass is 9.74. The SMILES string of the molecule is C/C=C(\C)c1c(C2=CCC2)cccc1C1CCC1. The molecule has 0 heterocycles. The van der Waals surface area contributed by atoms with Crippen LogP contribution in [0.4, 0.5) is 0 Å². The van der Waals surface area contributed by atoms with Gasteiger partial charge in [0.2, 0.25) is 0 Å². The molecule has 0 aliphatic heterocycles. The van der Waals surface area contributed by atoms with Gasteiger partial charge in [-0.1, -0.05) is 36.8 Å². The van der Waals surface area contributed by atoms with Crippen LogP contribution in [0.2, 0.25) is 0 Å². The number of benzene rings is 1. The molecule has 0 bridgehead atoms. The zero-order valence-corrected chi connectivity index (χ0v) is 11.5. The van der Waals surface area contributed by atoms with Crippen LogP contribution in [0.3, 0.4) is 0 Å². The van der Waals surface area contributed by atoms with Crippen LogP contribution in [0.15, 0.2) is 30.4 Å². The minimum Gasteiger partial charge on any atom is -0.0841 e. The molecule has 1 aromatic carbocycles. The molecule has 1 fully saturated rings. The third-order valence-electron chi connectivity index (χ3n) is 4.62. The van der Waals surface area contributed by atoms with Gasteiger partial charge in [0.1, 0.15) is 0 Å². The van der Waals surface area contributed by atoms with Gasteiger partial charge in [-0.3, -0.25) is 0 Å². The third-order valence-corrected chi connectivity index (χ3v) is 4.62. The van der Waals surface area contributed by atoms with Crippen LogP contribution in [-0.2, 0) is 0 Å². The van der Waals surface area contributed by atoms with Crippen LogP contribution < -0.4 is 0 Å². The van der Waals surface area contributed by atoms with Crippen molar-refractivity contribution in [3.05, 3.63) is 47.0 Å². The second kappa shape index (κ2) is 4.76. The maximum Gasteiger partial charge on any atom is -0.0120 e. The predicted octanol–water partition coefficient (Wildman–Crippen LogP) is 5.55. The highest BCUT2D eigenvalue weighted by atomic mass is 14.3. The summed E-state index contributed by atoms with van der Waals surface area (Å²) in [5, 5.41) is 0. The quantitative estimate of drug-likeness (QED) is 0.647. The molecule has 0 N–H and O–H groups in total. The Morgan fingerprint density at radius 2 is 2.06 bits per heavy atom. The van der Waals surface area contributed by atoms with Crippen molar-refractivity contribution in [2.75, 3.05) is 0 Å². The third kappa shape index (κ3) is 1.84. The number of hydrogen-bond donors (Lipinski definition) is 0. The van der Waals surface area contributed by atoms with Crippen molar-refractivity contribution in [3.8, 4) is 0 Å². The maximum atomic E-state index is 2.40. The van der Waals surface area contributed by atoms with Crippen molar-refractivity contribution in [2.45, 2.75) is 51.9 Å². The number of allylic oxidation sites excluding steroid dienone is 4. The van der Waals surface area contributed by atoms with Gasteiger partial charge in [0.05, 0.1) is 0 Å². The highest BCUT2D eigenvalue weighted by molar-refractivity contribution is 5.82. The van der Waals surface area contributed by atoms with Crippen LogP contribution in [0, 0.1) is 0 Å². The van der Waals surface area contributed by atoms with Gasteiger partial charge in [-0.25, -0.2) is 0 Å². The van der Waals surface area contributed by atoms with Gasteiger partial charge >= 0.3 is 0 Å². The summed E-state index contributed by atoms with van der Waals surface area (Å²) < 4.78 is 0. The monoisotopic (exact) mass is 238 g/mol. The van der Waals surface area contributed by atoms with E-state index in [1.807, 2.05) is 0 Å². The fraction of sp³-hybridized carbons (Fsp3) is 0.444. The van der Waals surface area contributed by atoms with Crippen molar-refractivity contribution in [3.63, 3.8) is 0 Å². The van der Waals surface area contributed by atoms with E-state index < -0.39 is 0 Å². The Hall–Kier alpha value is -1.30. The van der Waals surface area contributed by atoms with Crippen LogP contribution in [0.1, 0.15) is 68.6 Å². The fourth-order valence-electron chi connectivity index (χ4n) is 3.01. The fourth-order valence-corrected chi connectivity index (χ4v) is 3.01. The molecule has 0 atom stereocenters. The molecular weight excluding hydrogens is 216 g/mol. The first-order valence-corrected chi connectivity index (χ1v) is 7.27. The average molecular weight is 238 g/mol. The minimum absolute atomic E-state index is 0.815. The van der Waals surface area contributed by atoms with E-state index >= 15 is 0 Å². The van der Waals surface area contributed by atoms with Gasteiger partial charge in [-0.15, -0.1) is 0 Å². The Balaban J connectivity index is 2.13. The van der Waals surface area contributed by atoms with E-state index in [1.54, 1.807) is 11.1 Å². The Bertz CT molecular complexity index is 513. The summed E-state index contributed by atoms with van der Waals surface area (Å²) in [5.41, 5.74) is 7.65. The van der Waals surface area contributed by atoms with Crippen molar-refractivity contribution in [2.24, 2.45) is 0 Å². The topological polar surface area (TPSA) is 0 Å². The van der Waals surface area contributed by atoms with Gasteiger partial charge in [-0.2, -0.15) is 0 Å². The second-order valence-corrected chi connectivity index (χ2v) is 5.64. The van der Waals surface area contributed by atoms with E-state index in [4.69, 9.17) is 0 Å². The Morgan fingerprint density at radius 3 is 2.56 bits per heavy atom. The summed E-state index contributed by atoms with van der Waals surface area (Å²) in [5.74, 6) is 0.815. The smallest absolute Gasteiger partial charge is 0.0120 e. The van der Waals surface area contributed by atoms with Gasteiger partial charge in [0.25, 0.3) is 0 Å². The summed E-state index contributed by atoms with van der Waals surface area (Å²) in [4.78, 5) is 0. The molecule has 2 aliphatic rings. The van der Waals surface area contributed by atoms with Crippen LogP contribution >= 0.6 is 0 Å². The van der Waals surface area contributed by atoms with E-state index in [9.17, 15) is 0 Å². The lowest BCUT2D eigenvalue weighted by Gasteiger charge is -2.30. The highest BCUT2D eigenvalue weighted by Gasteiger charge is 2.25. The molecule has 0 nitrogen and oxygen atoms in total. The first-order chi connectivity index (χ1) is 8.81. The predicted molar refractivity (Wildman–Crippen MR) is 79.6 cm³/mol. The summed E-state index contributed by atoms with van der Waals surface area (Å²) in [6.45, 7) is 4.42. The van der Waals surface area contributed by atoms with Crippen LogP contribution in [0.25, 0.3) is 11.1 Å². The molecule has 18 heavy (non-hydrogen) atoms. The largest absolute Gasteiger partial charge is 0.0841 e. The van der Waals surface area contributed by atoms with E-state index in [0.717, 1.165) is 5.92 Å². The van der Waals surface area contributed by atoms with E-state index in [0.29, 0.717) is 0 Å². The Labute approximate surface area is 110 Å². The lowest BCUT2D eigenvalue weighted by molar-refractivity contribution is 0.419. The normalized spacial score (nSPS) is 20.1. The average Bonchev–Trinajstić information content (AvgIpc) is 2.24. The maximum absolute atomic E-state index is 2.40. The number of hydrogen-bond acceptors (Lipinski definition) is 0. The molecule has 2 aliphatic carbocycles. The van der Waals surface area contributed by atoms with Gasteiger partial charge in [0, 0.05) is 0 Å². The lowest BCUT2D eigenvalue weighted by Crippen LogP contribution is -2.12. The molecule has 0 amide bonds. The first-order valence-electron chi connectivity index (χ1n) is 7.27. The standard InChI is InChI=1S/C18H22/c1-3-13(2)18-16(14-7-4-8-14)11-6-12-17(18)15-9-5-10-15/h3,6-7,11-12,15H,4-5,8-10H2,1-2H3/b13-3+. The van der Waals surface area contributed by atoms with Gasteiger partial charge in [0.15, 0.2) is 0 Å². The second-order valence-electron chi connectivity index (χ2n) is 5.64. The highest BCUT2D eigenvalue weighted by Crippen LogP contribution is 2.43. The zero-order chi connectivity index (χ0) is 12.5. The molecule has 3 rings (SSSR count). The summed E-state index contributed by atoms with van der Waals surface area (Å²) in [6.07, 6.45) is 11.4. The van der Waals surface area contributed by atoms with Crippen LogP contribution in [-0.4, -0.2) is 0 Å². The van der Waals surface area contributed by atoms with Crippen LogP contribution in [0.5, 0.6) is 0 Å². The van der Waals surface area contributed by atoms with E-state index in [-0.39, 0.29) is 0 Å². The molecule has 0 unspecified atom stereocenters. The number of rotatable bonds is 3. The van der Waals surface area contributed by atoms with Crippen molar-refractivity contribution in [1.29, 1.82) is 0 Å². The summed E-state index contributed by atoms with van der Waals surface area (Å²) in [6, 6.07) is 6.93.